The number of esters is 2. The quantitative estimate of drug-likeness (QED) is 0.0144. The van der Waals surface area contributed by atoms with Crippen LogP contribution in [0.15, 0.2) is 135 Å². The number of hydrogen-bond acceptors (Lipinski definition) is 18. The van der Waals surface area contributed by atoms with Gasteiger partial charge in [-0.25, -0.2) is 9.59 Å². The lowest BCUT2D eigenvalue weighted by Gasteiger charge is -2.19. The van der Waals surface area contributed by atoms with Crippen LogP contribution in [0.3, 0.4) is 0 Å². The molecule has 0 bridgehead atoms. The molecule has 0 fully saturated rings. The first kappa shape index (κ1) is 76.0. The number of nitrogens with one attached hydrogen (secondary N) is 6. The summed E-state index contributed by atoms with van der Waals surface area (Å²) < 4.78 is 45.8. The average Bonchev–Trinajstić information content (AvgIpc) is 0.903. The third-order valence-corrected chi connectivity index (χ3v) is 12.9. The van der Waals surface area contributed by atoms with E-state index in [1.807, 2.05) is 83.1 Å². The fourth-order valence-corrected chi connectivity index (χ4v) is 8.37. The van der Waals surface area contributed by atoms with Crippen molar-refractivity contribution in [2.75, 3.05) is 64.8 Å². The predicted molar refractivity (Wildman–Crippen MR) is 371 cm³/mol. The lowest BCUT2D eigenvalue weighted by atomic mass is 10.1. The van der Waals surface area contributed by atoms with Gasteiger partial charge in [-0.2, -0.15) is 0 Å². The maximum absolute atomic E-state index is 13.5. The van der Waals surface area contributed by atoms with Gasteiger partial charge in [-0.1, -0.05) is 46.1 Å². The van der Waals surface area contributed by atoms with Crippen LogP contribution in [-0.2, 0) is 19.1 Å². The largest absolute Gasteiger partial charge is 0.491 e. The van der Waals surface area contributed by atoms with Crippen molar-refractivity contribution in [1.29, 1.82) is 0 Å². The molecule has 6 amide bonds. The molecule has 0 heterocycles. The van der Waals surface area contributed by atoms with E-state index in [0.29, 0.717) is 70.2 Å². The first-order valence-corrected chi connectivity index (χ1v) is 31.3. The molecule has 0 spiro atoms. The van der Waals surface area contributed by atoms with Crippen molar-refractivity contribution in [3.63, 3.8) is 0 Å². The number of carbonyl (C=O) groups is 8. The predicted octanol–water partition coefficient (Wildman–Crippen LogP) is 12.2. The number of carbonyl (C=O) groups excluding carboxylic acids is 8. The number of benzene rings is 6. The smallest absolute Gasteiger partial charge is 0.338 e. The van der Waals surface area contributed by atoms with Crippen LogP contribution < -0.4 is 71.8 Å². The van der Waals surface area contributed by atoms with E-state index >= 15 is 0 Å². The summed E-state index contributed by atoms with van der Waals surface area (Å²) in [5, 5.41) is 16.7. The number of anilines is 6. The number of rotatable bonds is 32. The Bertz CT molecular complexity index is 3750. The Morgan fingerprint density at radius 1 is 0.385 bits per heavy atom. The molecule has 0 saturated heterocycles. The Morgan fingerprint density at radius 2 is 0.646 bits per heavy atom. The highest BCUT2D eigenvalue weighted by molar-refractivity contribution is 6.10. The van der Waals surface area contributed by atoms with Crippen LogP contribution in [0.25, 0.3) is 0 Å². The van der Waals surface area contributed by atoms with Gasteiger partial charge in [0.2, 0.25) is 11.8 Å². The molecule has 0 aliphatic rings. The van der Waals surface area contributed by atoms with Crippen LogP contribution in [0, 0.1) is 5.92 Å². The summed E-state index contributed by atoms with van der Waals surface area (Å²) in [7, 11) is 0. The molecule has 0 aromatic heterocycles. The van der Waals surface area contributed by atoms with E-state index in [-0.39, 0.29) is 108 Å². The van der Waals surface area contributed by atoms with Gasteiger partial charge in [0.15, 0.2) is 0 Å². The van der Waals surface area contributed by atoms with E-state index in [4.69, 9.17) is 49.4 Å². The summed E-state index contributed by atoms with van der Waals surface area (Å²) in [6, 6.07) is 27.8. The molecule has 6 aromatic rings. The van der Waals surface area contributed by atoms with Crippen LogP contribution in [-0.4, -0.2) is 111 Å². The van der Waals surface area contributed by atoms with Crippen molar-refractivity contribution in [1.82, 2.24) is 0 Å². The monoisotopic (exact) mass is 1320 g/mol. The zero-order chi connectivity index (χ0) is 70.8. The van der Waals surface area contributed by atoms with Gasteiger partial charge >= 0.3 is 11.9 Å². The molecular formula is C72H88N8O16. The number of amides is 6. The van der Waals surface area contributed by atoms with E-state index in [2.05, 4.69) is 45.1 Å². The van der Waals surface area contributed by atoms with Crippen molar-refractivity contribution < 1.29 is 76.3 Å². The fraction of sp³-hybridized carbons (Fsp3) is 0.333. The van der Waals surface area contributed by atoms with Gasteiger partial charge in [0.1, 0.15) is 47.7 Å². The lowest BCUT2D eigenvalue weighted by molar-refractivity contribution is -0.115. The fourth-order valence-electron chi connectivity index (χ4n) is 8.37. The summed E-state index contributed by atoms with van der Waals surface area (Å²) in [5.74, 6) is -1.84. The van der Waals surface area contributed by atoms with E-state index in [9.17, 15) is 38.4 Å². The van der Waals surface area contributed by atoms with Crippen molar-refractivity contribution in [3.05, 3.63) is 168 Å². The number of ether oxygens (including phenoxy) is 8. The highest BCUT2D eigenvalue weighted by Gasteiger charge is 2.23. The van der Waals surface area contributed by atoms with Crippen molar-refractivity contribution >= 4 is 81.5 Å². The van der Waals surface area contributed by atoms with E-state index in [1.165, 1.54) is 54.6 Å². The first-order chi connectivity index (χ1) is 45.6. The molecule has 0 saturated carbocycles. The van der Waals surface area contributed by atoms with Crippen LogP contribution in [0.5, 0.6) is 34.5 Å². The highest BCUT2D eigenvalue weighted by atomic mass is 16.5. The Kier molecular flexibility index (Phi) is 29.5. The minimum Gasteiger partial charge on any atom is -0.491 e. The topological polar surface area (TPSA) is 335 Å². The highest BCUT2D eigenvalue weighted by Crippen LogP contribution is 2.35. The third kappa shape index (κ3) is 23.7. The molecule has 1 atom stereocenters. The molecule has 6 aromatic carbocycles. The Morgan fingerprint density at radius 3 is 0.917 bits per heavy atom. The van der Waals surface area contributed by atoms with Gasteiger partial charge in [0.05, 0.1) is 95.5 Å². The summed E-state index contributed by atoms with van der Waals surface area (Å²) in [5.41, 5.74) is 14.6. The Labute approximate surface area is 560 Å². The van der Waals surface area contributed by atoms with Gasteiger partial charge in [0, 0.05) is 22.3 Å². The summed E-state index contributed by atoms with van der Waals surface area (Å²) in [6.45, 7) is 29.5. The molecule has 1 unspecified atom stereocenters. The minimum absolute atomic E-state index is 0.0595. The molecule has 6 rings (SSSR count). The molecule has 0 aliphatic carbocycles. The molecule has 24 heteroatoms. The van der Waals surface area contributed by atoms with Crippen molar-refractivity contribution in [2.45, 2.75) is 120 Å². The van der Waals surface area contributed by atoms with Crippen molar-refractivity contribution in [3.8, 4) is 34.5 Å². The second-order valence-electron chi connectivity index (χ2n) is 23.1. The van der Waals surface area contributed by atoms with E-state index in [0.717, 1.165) is 0 Å². The first-order valence-electron chi connectivity index (χ1n) is 31.3. The van der Waals surface area contributed by atoms with Gasteiger partial charge < -0.3 is 81.3 Å². The molecule has 24 nitrogen and oxygen atoms in total. The summed E-state index contributed by atoms with van der Waals surface area (Å²) in [4.78, 5) is 102. The van der Waals surface area contributed by atoms with E-state index in [1.54, 1.807) is 66.7 Å². The zero-order valence-electron chi connectivity index (χ0n) is 56.4. The maximum atomic E-state index is 13.5. The Hall–Kier alpha value is -10.7. The lowest BCUT2D eigenvalue weighted by Crippen LogP contribution is -2.23. The van der Waals surface area contributed by atoms with Gasteiger partial charge in [-0.05, 0) is 184 Å². The van der Waals surface area contributed by atoms with Gasteiger partial charge in [-0.15, -0.1) is 0 Å². The third-order valence-electron chi connectivity index (χ3n) is 12.9. The second kappa shape index (κ2) is 37.2. The Balaban J connectivity index is 0.000000347. The molecular weight excluding hydrogens is 1230 g/mol. The molecule has 512 valence electrons. The van der Waals surface area contributed by atoms with Crippen LogP contribution in [0.1, 0.15) is 152 Å². The van der Waals surface area contributed by atoms with Crippen LogP contribution >= 0.6 is 0 Å². The average molecular weight is 1320 g/mol. The molecule has 96 heavy (non-hydrogen) atoms. The zero-order valence-corrected chi connectivity index (χ0v) is 56.4. The SMILES string of the molecule is C=CCOC(=O)c1ccc(NC(=O)c2ccc(NC(=O)c3ccc(NC(=O)CN)c(OC(C)C)c3)c(OC(C)CC)c2)c(OC(C)C)c1.C=CCOC(=O)c1ccc(NC(=O)c2ccc(NC(=O)c3ccc(NC(=O)CN)c(OC(C)C)c3)c(OCC(C)C)c2)c(OC(C)C)c1. The summed E-state index contributed by atoms with van der Waals surface area (Å²) >= 11 is 0. The van der Waals surface area contributed by atoms with Crippen LogP contribution in [0.2, 0.25) is 0 Å². The van der Waals surface area contributed by atoms with Gasteiger partial charge in [-0.3, -0.25) is 28.8 Å². The van der Waals surface area contributed by atoms with E-state index < -0.39 is 47.4 Å². The maximum Gasteiger partial charge on any atom is 0.338 e. The van der Waals surface area contributed by atoms with Crippen molar-refractivity contribution in [2.24, 2.45) is 17.4 Å². The van der Waals surface area contributed by atoms with Gasteiger partial charge in [0.25, 0.3) is 23.6 Å². The van der Waals surface area contributed by atoms with Crippen LogP contribution in [0.4, 0.5) is 34.1 Å². The number of hydrogen-bond donors (Lipinski definition) is 8. The molecule has 10 N–H and O–H groups in total. The standard InChI is InChI=1S/2C36H44N4O8/c1-8-15-45-36(44)26-11-14-29(32(18-26)48-23(6)7)40-34(42)24-9-12-27(30(16-24)46-20-21(2)3)39-35(43)25-10-13-28(38-33(41)19-37)31(17-25)47-22(4)5;1-8-16-45-36(44)26-12-15-28(31(19-26)47-22(5)6)39-35(43)25-11-14-29(32(18-25)48-23(7)9-2)40-34(42)24-10-13-27(38-33(41)20-37)30(17-24)46-21(3)4/h8-14,16-18,21-23H,1,15,19-20,37H2,2-7H3,(H,38,41)(H,39,43)(H,40,42);8,10-15,17-19,21-23H,1,9,16,20,37H2,2-7H3,(H,38,41)(H,39,43)(H,40,42). The number of nitrogens with two attached hydrogens (primary N) is 2. The summed E-state index contributed by atoms with van der Waals surface area (Å²) in [6.07, 6.45) is 2.45. The normalized spacial score (nSPS) is 11.1. The second-order valence-corrected chi connectivity index (χ2v) is 23.1. The molecule has 0 aliphatic heterocycles. The molecule has 0 radical (unpaired) electrons. The minimum atomic E-state index is -0.552.